The van der Waals surface area contributed by atoms with Gasteiger partial charge in [-0.3, -0.25) is 0 Å². The second kappa shape index (κ2) is 20.2. The average Bonchev–Trinajstić information content (AvgIpc) is 3.36. The molecule has 0 N–H and O–H groups in total. The third-order valence-corrected chi connectivity index (χ3v) is 12.9. The van der Waals surface area contributed by atoms with Gasteiger partial charge >= 0.3 is 0 Å². The highest BCUT2D eigenvalue weighted by Crippen LogP contribution is 2.39. The molecule has 0 fully saturated rings. The number of nitrogens with zero attached hydrogens (tertiary/aromatic N) is 3. The van der Waals surface area contributed by atoms with E-state index in [0.717, 1.165) is 73.4 Å². The molecule has 0 saturated carbocycles. The van der Waals surface area contributed by atoms with Crippen molar-refractivity contribution in [3.8, 4) is 0 Å². The number of benzene rings is 9. The molecule has 0 radical (unpaired) electrons. The second-order valence-electron chi connectivity index (χ2n) is 18.1. The summed E-state index contributed by atoms with van der Waals surface area (Å²) in [5, 5.41) is 0. The molecule has 334 valence electrons. The molecular formula is C65H59N3. The quantitative estimate of drug-likeness (QED) is 0.107. The molecule has 0 saturated heterocycles. The summed E-state index contributed by atoms with van der Waals surface area (Å²) in [4.78, 5) is 6.99. The highest BCUT2D eigenvalue weighted by Gasteiger charge is 2.16. The summed E-state index contributed by atoms with van der Waals surface area (Å²) >= 11 is 0. The van der Waals surface area contributed by atoms with Crippen LogP contribution < -0.4 is 14.7 Å². The second-order valence-corrected chi connectivity index (χ2v) is 18.1. The SMILES string of the molecule is Cc1ccc(N(c2ccc(C)cc2)c2ccc(C=Cc3ccc(N(c4ccc(C)cc4)c4ccc(C=Cc5cccc(N(c6ccc(C)c(C)c6)c6ccc(C)c(C)c6)c5)cc4)cc3)cc2)cc1. The molecule has 3 heteroatoms. The Balaban J connectivity index is 0.932. The van der Waals surface area contributed by atoms with Crippen molar-refractivity contribution in [3.05, 3.63) is 267 Å². The van der Waals surface area contributed by atoms with Gasteiger partial charge in [0.2, 0.25) is 0 Å². The van der Waals surface area contributed by atoms with Crippen molar-refractivity contribution >= 4 is 75.5 Å². The highest BCUT2D eigenvalue weighted by molar-refractivity contribution is 5.83. The lowest BCUT2D eigenvalue weighted by molar-refractivity contribution is 1.23. The van der Waals surface area contributed by atoms with Crippen LogP contribution in [0.2, 0.25) is 0 Å². The molecule has 0 atom stereocenters. The van der Waals surface area contributed by atoms with Gasteiger partial charge in [-0.05, 0) is 202 Å². The van der Waals surface area contributed by atoms with Crippen LogP contribution >= 0.6 is 0 Å². The van der Waals surface area contributed by atoms with Gasteiger partial charge in [0.15, 0.2) is 0 Å². The molecule has 9 aromatic rings. The predicted octanol–water partition coefficient (Wildman–Crippen LogP) is 18.6. The summed E-state index contributed by atoms with van der Waals surface area (Å²) in [6.07, 6.45) is 8.79. The summed E-state index contributed by atoms with van der Waals surface area (Å²) < 4.78 is 0. The molecular weight excluding hydrogens is 823 g/mol. The molecule has 0 bridgehead atoms. The lowest BCUT2D eigenvalue weighted by Gasteiger charge is -2.27. The Hall–Kier alpha value is -8.14. The predicted molar refractivity (Wildman–Crippen MR) is 294 cm³/mol. The first-order valence-electron chi connectivity index (χ1n) is 23.6. The van der Waals surface area contributed by atoms with E-state index in [2.05, 4.69) is 294 Å². The number of anilines is 9. The van der Waals surface area contributed by atoms with Crippen LogP contribution in [0.15, 0.2) is 206 Å². The lowest BCUT2D eigenvalue weighted by atomic mass is 10.0. The molecule has 3 nitrogen and oxygen atoms in total. The fourth-order valence-corrected chi connectivity index (χ4v) is 8.51. The maximum atomic E-state index is 2.36. The minimum absolute atomic E-state index is 1.10. The topological polar surface area (TPSA) is 9.72 Å². The Morgan fingerprint density at radius 2 is 0.485 bits per heavy atom. The molecule has 0 unspecified atom stereocenters. The lowest BCUT2D eigenvalue weighted by Crippen LogP contribution is -2.11. The van der Waals surface area contributed by atoms with Gasteiger partial charge in [-0.1, -0.05) is 138 Å². The maximum Gasteiger partial charge on any atom is 0.0467 e. The van der Waals surface area contributed by atoms with Gasteiger partial charge in [0, 0.05) is 51.2 Å². The van der Waals surface area contributed by atoms with Crippen molar-refractivity contribution in [3.63, 3.8) is 0 Å². The zero-order chi connectivity index (χ0) is 47.1. The van der Waals surface area contributed by atoms with Crippen LogP contribution in [0.1, 0.15) is 61.2 Å². The van der Waals surface area contributed by atoms with Crippen LogP contribution in [0.4, 0.5) is 51.2 Å². The molecule has 0 aliphatic rings. The van der Waals surface area contributed by atoms with Crippen molar-refractivity contribution in [2.45, 2.75) is 48.5 Å². The van der Waals surface area contributed by atoms with E-state index in [1.54, 1.807) is 0 Å². The minimum Gasteiger partial charge on any atom is -0.311 e. The van der Waals surface area contributed by atoms with Crippen LogP contribution in [0.5, 0.6) is 0 Å². The van der Waals surface area contributed by atoms with E-state index in [4.69, 9.17) is 0 Å². The Labute approximate surface area is 404 Å². The van der Waals surface area contributed by atoms with Crippen LogP contribution in [0.25, 0.3) is 24.3 Å². The highest BCUT2D eigenvalue weighted by atomic mass is 15.2. The number of hydrogen-bond acceptors (Lipinski definition) is 3. The molecule has 0 spiro atoms. The number of aryl methyl sites for hydroxylation is 7. The van der Waals surface area contributed by atoms with Gasteiger partial charge in [0.25, 0.3) is 0 Å². The van der Waals surface area contributed by atoms with Gasteiger partial charge in [-0.15, -0.1) is 0 Å². The Kier molecular flexibility index (Phi) is 13.4. The third-order valence-electron chi connectivity index (χ3n) is 12.9. The van der Waals surface area contributed by atoms with Crippen molar-refractivity contribution < 1.29 is 0 Å². The molecule has 0 amide bonds. The fourth-order valence-electron chi connectivity index (χ4n) is 8.51. The first kappa shape index (κ1) is 45.0. The van der Waals surface area contributed by atoms with E-state index in [1.165, 1.54) is 38.9 Å². The Bertz CT molecular complexity index is 3100. The zero-order valence-corrected chi connectivity index (χ0v) is 40.3. The first-order chi connectivity index (χ1) is 33.0. The molecule has 9 aromatic carbocycles. The summed E-state index contributed by atoms with van der Waals surface area (Å²) in [5.41, 5.74) is 23.5. The van der Waals surface area contributed by atoms with Crippen molar-refractivity contribution in [2.75, 3.05) is 14.7 Å². The monoisotopic (exact) mass is 881 g/mol. The standard InChI is InChI=1S/C65H59N3/c1-46-11-29-57(30-12-46)66(58-31-13-47(2)14-32-58)60-37-23-53(24-38-60)19-20-54-25-39-61(40-26-54)67(59-33-15-48(3)16-34-59)62-41-27-55(28-42-62)21-22-56-9-8-10-63(45-56)68(64-35-17-49(4)51(6)43-64)65-36-18-50(5)52(7)44-65/h8-45H,1-7H3. The normalized spacial score (nSPS) is 11.3. The molecule has 0 aromatic heterocycles. The van der Waals surface area contributed by atoms with Gasteiger partial charge in [0.05, 0.1) is 0 Å². The average molecular weight is 882 g/mol. The summed E-state index contributed by atoms with van der Waals surface area (Å²) in [7, 11) is 0. The minimum atomic E-state index is 1.10. The molecule has 68 heavy (non-hydrogen) atoms. The number of hydrogen-bond donors (Lipinski definition) is 0. The fraction of sp³-hybridized carbons (Fsp3) is 0.108. The van der Waals surface area contributed by atoms with Crippen LogP contribution in [-0.4, -0.2) is 0 Å². The largest absolute Gasteiger partial charge is 0.311 e. The van der Waals surface area contributed by atoms with Crippen molar-refractivity contribution in [1.29, 1.82) is 0 Å². The van der Waals surface area contributed by atoms with E-state index in [1.807, 2.05) is 0 Å². The Morgan fingerprint density at radius 1 is 0.221 bits per heavy atom. The van der Waals surface area contributed by atoms with E-state index >= 15 is 0 Å². The van der Waals surface area contributed by atoms with Crippen LogP contribution in [-0.2, 0) is 0 Å². The smallest absolute Gasteiger partial charge is 0.0467 e. The van der Waals surface area contributed by atoms with Crippen molar-refractivity contribution in [2.24, 2.45) is 0 Å². The molecule has 0 aliphatic carbocycles. The maximum absolute atomic E-state index is 2.36. The van der Waals surface area contributed by atoms with Crippen molar-refractivity contribution in [1.82, 2.24) is 0 Å². The summed E-state index contributed by atoms with van der Waals surface area (Å²) in [6, 6.07) is 74.9. The summed E-state index contributed by atoms with van der Waals surface area (Å²) in [5.74, 6) is 0. The van der Waals surface area contributed by atoms with Crippen LogP contribution in [0.3, 0.4) is 0 Å². The van der Waals surface area contributed by atoms with E-state index in [9.17, 15) is 0 Å². The van der Waals surface area contributed by atoms with Gasteiger partial charge in [-0.25, -0.2) is 0 Å². The first-order valence-corrected chi connectivity index (χ1v) is 23.6. The van der Waals surface area contributed by atoms with E-state index < -0.39 is 0 Å². The van der Waals surface area contributed by atoms with E-state index in [0.29, 0.717) is 0 Å². The van der Waals surface area contributed by atoms with Crippen LogP contribution in [0, 0.1) is 48.5 Å². The zero-order valence-electron chi connectivity index (χ0n) is 40.3. The molecule has 9 rings (SSSR count). The third kappa shape index (κ3) is 10.4. The van der Waals surface area contributed by atoms with Gasteiger partial charge in [-0.2, -0.15) is 0 Å². The summed E-state index contributed by atoms with van der Waals surface area (Å²) in [6.45, 7) is 15.1. The molecule has 0 aliphatic heterocycles. The van der Waals surface area contributed by atoms with Gasteiger partial charge in [0.1, 0.15) is 0 Å². The molecule has 0 heterocycles. The number of rotatable bonds is 13. The Morgan fingerprint density at radius 3 is 0.809 bits per heavy atom. The van der Waals surface area contributed by atoms with Gasteiger partial charge < -0.3 is 14.7 Å². The van der Waals surface area contributed by atoms with E-state index in [-0.39, 0.29) is 0 Å².